The zero-order valence-electron chi connectivity index (χ0n) is 26.4. The summed E-state index contributed by atoms with van der Waals surface area (Å²) in [5.41, 5.74) is 10.6. The molecule has 0 saturated carbocycles. The van der Waals surface area contributed by atoms with Crippen molar-refractivity contribution in [1.29, 1.82) is 0 Å². The molecule has 0 aliphatic carbocycles. The molecule has 0 bridgehead atoms. The molecule has 2 rings (SSSR count). The predicted octanol–water partition coefficient (Wildman–Crippen LogP) is 10.9. The van der Waals surface area contributed by atoms with E-state index in [2.05, 4.69) is 143 Å². The fourth-order valence-electron chi connectivity index (χ4n) is 4.75. The Kier molecular flexibility index (Phi) is 15.9. The summed E-state index contributed by atoms with van der Waals surface area (Å²) >= 11 is 9.77. The zero-order chi connectivity index (χ0) is 30.0. The first-order valence-electron chi connectivity index (χ1n) is 14.5. The molecule has 0 unspecified atom stereocenters. The number of anilines is 2. The van der Waals surface area contributed by atoms with E-state index >= 15 is 0 Å². The van der Waals surface area contributed by atoms with Gasteiger partial charge < -0.3 is 10.6 Å². The van der Waals surface area contributed by atoms with Crippen LogP contribution in [-0.4, -0.2) is 24.2 Å². The molecule has 0 heterocycles. The maximum absolute atomic E-state index is 6.73. The first-order chi connectivity index (χ1) is 18.2. The number of nitrogens with one attached hydrogen (secondary N) is 2. The van der Waals surface area contributed by atoms with Gasteiger partial charge in [-0.25, -0.2) is 4.42 Å². The average Bonchev–Trinajstić information content (AvgIpc) is 2.87. The third kappa shape index (κ3) is 10.5. The Morgan fingerprint density at radius 3 is 1.56 bits per heavy atom. The SMILES string of the molecule is CC(C)c1[c-]c(C(C)C)c(NCN(Cl)CCNc2c(C(C)C)cc(C(C)C)cc2C(C)C)c(C(C)C)c1.[Cl][Co+]. The predicted molar refractivity (Wildman–Crippen MR) is 172 cm³/mol. The fraction of sp³-hybridized carbons (Fsp3) is 0.636. The Morgan fingerprint density at radius 1 is 0.667 bits per heavy atom. The van der Waals surface area contributed by atoms with Gasteiger partial charge in [-0.15, -0.1) is 11.1 Å². The van der Waals surface area contributed by atoms with E-state index in [1.165, 1.54) is 44.8 Å². The second-order valence-electron chi connectivity index (χ2n) is 12.4. The van der Waals surface area contributed by atoms with Crippen LogP contribution in [0.3, 0.4) is 0 Å². The molecular formula is C33H53Cl2CoN3. The van der Waals surface area contributed by atoms with Gasteiger partial charge in [-0.3, -0.25) is 0 Å². The normalized spacial score (nSPS) is 11.8. The monoisotopic (exact) mass is 620 g/mol. The summed E-state index contributed by atoms with van der Waals surface area (Å²) in [4.78, 5) is 0. The molecule has 0 aromatic heterocycles. The van der Waals surface area contributed by atoms with Crippen molar-refractivity contribution in [3.63, 3.8) is 0 Å². The van der Waals surface area contributed by atoms with Crippen LogP contribution in [0.1, 0.15) is 152 Å². The van der Waals surface area contributed by atoms with Crippen molar-refractivity contribution in [3.05, 3.63) is 57.6 Å². The quantitative estimate of drug-likeness (QED) is 0.132. The number of hydrogen-bond acceptors (Lipinski definition) is 3. The van der Waals surface area contributed by atoms with Crippen LogP contribution in [0.4, 0.5) is 11.4 Å². The molecule has 6 heteroatoms. The first-order valence-corrected chi connectivity index (χ1v) is 16.3. The molecule has 0 spiro atoms. The molecule has 0 saturated heterocycles. The molecule has 0 aliphatic rings. The van der Waals surface area contributed by atoms with Gasteiger partial charge in [0.05, 0.1) is 6.67 Å². The minimum atomic E-state index is 0.391. The third-order valence-corrected chi connectivity index (χ3v) is 7.47. The van der Waals surface area contributed by atoms with Crippen LogP contribution in [0, 0.1) is 6.07 Å². The van der Waals surface area contributed by atoms with Crippen LogP contribution >= 0.6 is 21.9 Å². The van der Waals surface area contributed by atoms with Crippen molar-refractivity contribution >= 4 is 33.3 Å². The van der Waals surface area contributed by atoms with Gasteiger partial charge in [-0.05, 0) is 64.0 Å². The number of hydrogen-bond donors (Lipinski definition) is 2. The van der Waals surface area contributed by atoms with Gasteiger partial charge in [0.2, 0.25) is 0 Å². The first kappa shape index (κ1) is 36.1. The zero-order valence-corrected chi connectivity index (χ0v) is 28.9. The van der Waals surface area contributed by atoms with E-state index in [0.29, 0.717) is 42.2 Å². The summed E-state index contributed by atoms with van der Waals surface area (Å²) in [7, 11) is 4.33. The van der Waals surface area contributed by atoms with Crippen molar-refractivity contribution in [3.8, 4) is 0 Å². The Labute approximate surface area is 258 Å². The van der Waals surface area contributed by atoms with Crippen molar-refractivity contribution < 1.29 is 14.8 Å². The summed E-state index contributed by atoms with van der Waals surface area (Å²) < 4.78 is 1.85. The summed E-state index contributed by atoms with van der Waals surface area (Å²) in [5.74, 6) is 2.72. The average molecular weight is 622 g/mol. The van der Waals surface area contributed by atoms with Gasteiger partial charge in [-0.1, -0.05) is 101 Å². The molecule has 0 radical (unpaired) electrons. The van der Waals surface area contributed by atoms with Crippen LogP contribution < -0.4 is 10.6 Å². The van der Waals surface area contributed by atoms with Gasteiger partial charge in [0.15, 0.2) is 0 Å². The van der Waals surface area contributed by atoms with Gasteiger partial charge in [0, 0.05) is 18.8 Å². The fourth-order valence-corrected chi connectivity index (χ4v) is 4.90. The molecule has 3 nitrogen and oxygen atoms in total. The molecular weight excluding hydrogens is 568 g/mol. The van der Waals surface area contributed by atoms with Gasteiger partial charge in [0.1, 0.15) is 0 Å². The van der Waals surface area contributed by atoms with Crippen LogP contribution in [0.15, 0.2) is 18.2 Å². The molecule has 2 aromatic carbocycles. The van der Waals surface area contributed by atoms with Crippen molar-refractivity contribution in [2.45, 2.75) is 119 Å². The Morgan fingerprint density at radius 2 is 1.15 bits per heavy atom. The molecule has 0 atom stereocenters. The number of benzene rings is 2. The molecule has 39 heavy (non-hydrogen) atoms. The summed E-state index contributed by atoms with van der Waals surface area (Å²) in [6.07, 6.45) is 0. The number of halogens is 2. The van der Waals surface area contributed by atoms with Crippen LogP contribution in [-0.2, 0) is 14.8 Å². The Bertz CT molecular complexity index is 958. The van der Waals surface area contributed by atoms with E-state index in [0.717, 1.165) is 13.1 Å². The second kappa shape index (κ2) is 17.1. The third-order valence-electron chi connectivity index (χ3n) is 7.19. The Hall–Kier alpha value is -0.914. The van der Waals surface area contributed by atoms with E-state index in [1.54, 1.807) is 0 Å². The summed E-state index contributed by atoms with van der Waals surface area (Å²) in [6, 6.07) is 10.8. The molecule has 223 valence electrons. The van der Waals surface area contributed by atoms with Crippen LogP contribution in [0.5, 0.6) is 0 Å². The van der Waals surface area contributed by atoms with Gasteiger partial charge >= 0.3 is 25.0 Å². The maximum atomic E-state index is 6.73. The number of nitrogens with zero attached hydrogens (tertiary/aromatic N) is 1. The summed E-state index contributed by atoms with van der Waals surface area (Å²) in [6.45, 7) is 29.3. The molecule has 2 aromatic rings. The molecule has 0 fully saturated rings. The second-order valence-corrected chi connectivity index (χ2v) is 12.9. The van der Waals surface area contributed by atoms with E-state index in [9.17, 15) is 0 Å². The standard InChI is InChI=1S/C33H53ClN3.ClH.Co/c1-20(2)26-15-28(22(5)6)32(29(16-26)23(7)8)35-13-14-37(34)19-36-33-30(24(9)10)17-27(21(3)4)18-31(33)25(11)12;;/h15-17,20-25,35-36H,13-14,19H2,1-12H3;1H;/q-1;;+2/p-1. The van der Waals surface area contributed by atoms with Crippen LogP contribution in [0.25, 0.3) is 0 Å². The van der Waals surface area contributed by atoms with E-state index < -0.39 is 0 Å². The van der Waals surface area contributed by atoms with Crippen molar-refractivity contribution in [1.82, 2.24) is 4.42 Å². The topological polar surface area (TPSA) is 27.3 Å². The van der Waals surface area contributed by atoms with Gasteiger partial charge in [-0.2, -0.15) is 17.7 Å². The minimum absolute atomic E-state index is 0.391. The number of rotatable bonds is 13. The van der Waals surface area contributed by atoms with Crippen molar-refractivity contribution in [2.24, 2.45) is 0 Å². The van der Waals surface area contributed by atoms with Gasteiger partial charge in [0.25, 0.3) is 0 Å². The Balaban J connectivity index is 0.00000371. The van der Waals surface area contributed by atoms with E-state index in [4.69, 9.17) is 11.8 Å². The molecule has 0 aliphatic heterocycles. The van der Waals surface area contributed by atoms with Crippen LogP contribution in [0.2, 0.25) is 0 Å². The van der Waals surface area contributed by atoms with E-state index in [-0.39, 0.29) is 0 Å². The van der Waals surface area contributed by atoms with Crippen molar-refractivity contribution in [2.75, 3.05) is 30.4 Å². The van der Waals surface area contributed by atoms with E-state index in [1.807, 2.05) is 4.42 Å². The molecule has 0 amide bonds. The summed E-state index contributed by atoms with van der Waals surface area (Å²) in [5, 5.41) is 7.43. The molecule has 2 N–H and O–H groups in total.